The molecule has 0 aromatic heterocycles. The first-order chi connectivity index (χ1) is 5.11. The van der Waals surface area contributed by atoms with Crippen LogP contribution in [0.5, 0.6) is 0 Å². The van der Waals surface area contributed by atoms with Crippen LogP contribution in [0.2, 0.25) is 0 Å². The van der Waals surface area contributed by atoms with Crippen molar-refractivity contribution in [2.24, 2.45) is 5.92 Å². The maximum absolute atomic E-state index is 13.0. The van der Waals surface area contributed by atoms with Crippen molar-refractivity contribution >= 4 is 0 Å². The smallest absolute Gasteiger partial charge is 0.105 e. The fourth-order valence-electron chi connectivity index (χ4n) is 1.62. The zero-order chi connectivity index (χ0) is 8.43. The molecule has 66 valence electrons. The van der Waals surface area contributed by atoms with Crippen molar-refractivity contribution in [1.82, 2.24) is 4.90 Å². The Kier molecular flexibility index (Phi) is 2.88. The third-order valence-corrected chi connectivity index (χ3v) is 2.56. The van der Waals surface area contributed by atoms with Crippen molar-refractivity contribution in [1.29, 1.82) is 0 Å². The number of hydrogen-bond donors (Lipinski definition) is 0. The van der Waals surface area contributed by atoms with Crippen LogP contribution in [0.15, 0.2) is 0 Å². The second kappa shape index (κ2) is 3.53. The van der Waals surface area contributed by atoms with Gasteiger partial charge in [-0.15, -0.1) is 0 Å². The Hall–Kier alpha value is -0.110. The van der Waals surface area contributed by atoms with Gasteiger partial charge in [0.05, 0.1) is 0 Å². The van der Waals surface area contributed by atoms with Crippen LogP contribution in [0.3, 0.4) is 0 Å². The van der Waals surface area contributed by atoms with Crippen LogP contribution < -0.4 is 0 Å². The van der Waals surface area contributed by atoms with E-state index in [0.29, 0.717) is 6.04 Å². The summed E-state index contributed by atoms with van der Waals surface area (Å²) in [5, 5.41) is 0. The highest BCUT2D eigenvalue weighted by Gasteiger charge is 2.26. The number of likely N-dealkylation sites (tertiary alicyclic amines) is 1. The summed E-state index contributed by atoms with van der Waals surface area (Å²) < 4.78 is 13.0. The minimum Gasteiger partial charge on any atom is -0.300 e. The fraction of sp³-hybridized carbons (Fsp3) is 1.00. The summed E-state index contributed by atoms with van der Waals surface area (Å²) in [6, 6.07) is 0.574. The van der Waals surface area contributed by atoms with E-state index in [4.69, 9.17) is 0 Å². The molecule has 0 saturated carbocycles. The molecule has 1 nitrogen and oxygen atoms in total. The van der Waals surface area contributed by atoms with Crippen molar-refractivity contribution in [2.45, 2.75) is 39.4 Å². The summed E-state index contributed by atoms with van der Waals surface area (Å²) in [6.07, 6.45) is 0.157. The van der Waals surface area contributed by atoms with Gasteiger partial charge in [0.2, 0.25) is 0 Å². The fourth-order valence-corrected chi connectivity index (χ4v) is 1.62. The molecule has 1 saturated heterocycles. The Balaban J connectivity index is 2.40. The van der Waals surface area contributed by atoms with Crippen molar-refractivity contribution in [3.8, 4) is 0 Å². The zero-order valence-corrected chi connectivity index (χ0v) is 7.68. The van der Waals surface area contributed by atoms with Gasteiger partial charge in [-0.3, -0.25) is 0 Å². The normalized spacial score (nSPS) is 34.6. The molecular weight excluding hydrogens is 141 g/mol. The number of hydrogen-bond acceptors (Lipinski definition) is 1. The predicted octanol–water partition coefficient (Wildman–Crippen LogP) is 2.07. The molecule has 1 heterocycles. The molecule has 2 atom stereocenters. The van der Waals surface area contributed by atoms with Gasteiger partial charge in [0.1, 0.15) is 6.17 Å². The first-order valence-corrected chi connectivity index (χ1v) is 4.49. The largest absolute Gasteiger partial charge is 0.300 e. The first kappa shape index (κ1) is 8.98. The maximum Gasteiger partial charge on any atom is 0.105 e. The molecule has 1 rings (SSSR count). The molecule has 0 aromatic rings. The molecule has 1 aliphatic heterocycles. The Morgan fingerprint density at radius 3 is 2.55 bits per heavy atom. The molecule has 0 spiro atoms. The molecule has 0 radical (unpaired) electrons. The SMILES string of the molecule is CC1CN(C(C)C)CCC1F. The second-order valence-corrected chi connectivity index (χ2v) is 3.87. The van der Waals surface area contributed by atoms with E-state index in [9.17, 15) is 4.39 Å². The lowest BCUT2D eigenvalue weighted by molar-refractivity contribution is 0.0773. The Labute approximate surface area is 68.6 Å². The summed E-state index contributed by atoms with van der Waals surface area (Å²) in [5.74, 6) is 0.228. The number of rotatable bonds is 1. The van der Waals surface area contributed by atoms with Gasteiger partial charge in [-0.1, -0.05) is 6.92 Å². The Morgan fingerprint density at radius 2 is 2.09 bits per heavy atom. The zero-order valence-electron chi connectivity index (χ0n) is 7.68. The van der Waals surface area contributed by atoms with Crippen LogP contribution >= 0.6 is 0 Å². The third kappa shape index (κ3) is 2.16. The van der Waals surface area contributed by atoms with Gasteiger partial charge in [-0.2, -0.15) is 0 Å². The lowest BCUT2D eigenvalue weighted by Crippen LogP contribution is -2.43. The molecule has 0 aromatic carbocycles. The summed E-state index contributed by atoms with van der Waals surface area (Å²) in [7, 11) is 0. The van der Waals surface area contributed by atoms with Gasteiger partial charge in [0.15, 0.2) is 0 Å². The molecule has 11 heavy (non-hydrogen) atoms. The Morgan fingerprint density at radius 1 is 1.45 bits per heavy atom. The molecule has 2 heteroatoms. The van der Waals surface area contributed by atoms with Crippen molar-refractivity contribution in [2.75, 3.05) is 13.1 Å². The average molecular weight is 159 g/mol. The van der Waals surface area contributed by atoms with Crippen LogP contribution in [0.1, 0.15) is 27.2 Å². The van der Waals surface area contributed by atoms with E-state index < -0.39 is 6.17 Å². The lowest BCUT2D eigenvalue weighted by atomic mass is 9.97. The second-order valence-electron chi connectivity index (χ2n) is 3.87. The third-order valence-electron chi connectivity index (χ3n) is 2.56. The highest BCUT2D eigenvalue weighted by Crippen LogP contribution is 2.20. The van der Waals surface area contributed by atoms with Crippen molar-refractivity contribution in [3.05, 3.63) is 0 Å². The molecule has 1 fully saturated rings. The van der Waals surface area contributed by atoms with E-state index in [1.54, 1.807) is 0 Å². The van der Waals surface area contributed by atoms with E-state index in [2.05, 4.69) is 18.7 Å². The highest BCUT2D eigenvalue weighted by molar-refractivity contribution is 4.78. The summed E-state index contributed by atoms with van der Waals surface area (Å²) >= 11 is 0. The molecule has 0 N–H and O–H groups in total. The quantitative estimate of drug-likeness (QED) is 0.566. The van der Waals surface area contributed by atoms with E-state index in [-0.39, 0.29) is 5.92 Å². The van der Waals surface area contributed by atoms with Crippen LogP contribution in [0, 0.1) is 5.92 Å². The minimum absolute atomic E-state index is 0.228. The summed E-state index contributed by atoms with van der Waals surface area (Å²) in [6.45, 7) is 8.21. The highest BCUT2D eigenvalue weighted by atomic mass is 19.1. The number of halogens is 1. The minimum atomic E-state index is -0.565. The molecule has 1 aliphatic rings. The van der Waals surface area contributed by atoms with Crippen LogP contribution in [0.4, 0.5) is 4.39 Å². The Bertz CT molecular complexity index is 125. The van der Waals surface area contributed by atoms with Crippen molar-refractivity contribution < 1.29 is 4.39 Å². The van der Waals surface area contributed by atoms with Gasteiger partial charge in [0.25, 0.3) is 0 Å². The summed E-state index contributed by atoms with van der Waals surface area (Å²) in [4.78, 5) is 2.35. The predicted molar refractivity (Wildman–Crippen MR) is 45.4 cm³/mol. The molecule has 0 aliphatic carbocycles. The van der Waals surface area contributed by atoms with E-state index in [1.807, 2.05) is 6.92 Å². The summed E-state index contributed by atoms with van der Waals surface area (Å²) in [5.41, 5.74) is 0. The van der Waals surface area contributed by atoms with Gasteiger partial charge < -0.3 is 4.90 Å². The lowest BCUT2D eigenvalue weighted by Gasteiger charge is -2.35. The standard InChI is InChI=1S/C9H18FN/c1-7(2)11-5-4-9(10)8(3)6-11/h7-9H,4-6H2,1-3H3. The van der Waals surface area contributed by atoms with Gasteiger partial charge in [0, 0.05) is 25.0 Å². The molecule has 0 bridgehead atoms. The maximum atomic E-state index is 13.0. The van der Waals surface area contributed by atoms with E-state index in [1.165, 1.54) is 0 Å². The monoisotopic (exact) mass is 159 g/mol. The van der Waals surface area contributed by atoms with Crippen LogP contribution in [-0.4, -0.2) is 30.2 Å². The van der Waals surface area contributed by atoms with E-state index >= 15 is 0 Å². The first-order valence-electron chi connectivity index (χ1n) is 4.49. The molecule has 2 unspecified atom stereocenters. The van der Waals surface area contributed by atoms with Gasteiger partial charge >= 0.3 is 0 Å². The topological polar surface area (TPSA) is 3.24 Å². The van der Waals surface area contributed by atoms with Crippen LogP contribution in [0.25, 0.3) is 0 Å². The van der Waals surface area contributed by atoms with E-state index in [0.717, 1.165) is 19.5 Å². The average Bonchev–Trinajstić information content (AvgIpc) is 1.94. The molecular formula is C9H18FN. The molecule has 0 amide bonds. The van der Waals surface area contributed by atoms with Gasteiger partial charge in [-0.05, 0) is 20.3 Å². The van der Waals surface area contributed by atoms with Crippen LogP contribution in [-0.2, 0) is 0 Å². The number of piperidine rings is 1. The van der Waals surface area contributed by atoms with Crippen molar-refractivity contribution in [3.63, 3.8) is 0 Å². The van der Waals surface area contributed by atoms with Gasteiger partial charge in [-0.25, -0.2) is 4.39 Å². The number of alkyl halides is 1. The number of nitrogens with zero attached hydrogens (tertiary/aromatic N) is 1.